The molecule has 0 unspecified atom stereocenters. The highest BCUT2D eigenvalue weighted by Gasteiger charge is 2.41. The Morgan fingerprint density at radius 2 is 1.61 bits per heavy atom. The first-order chi connectivity index (χ1) is 20.8. The molecule has 1 aliphatic rings. The van der Waals surface area contributed by atoms with Gasteiger partial charge in [0.2, 0.25) is 0 Å². The van der Waals surface area contributed by atoms with Gasteiger partial charge < -0.3 is 29.7 Å². The van der Waals surface area contributed by atoms with Gasteiger partial charge in [0.05, 0.1) is 24.8 Å². The Bertz CT molecular complexity index is 1360. The highest BCUT2D eigenvalue weighted by atomic mass is 19.1. The summed E-state index contributed by atoms with van der Waals surface area (Å²) < 4.78 is 23.2. The molecule has 2 atom stereocenters. The number of imidazole rings is 1. The lowest BCUT2D eigenvalue weighted by Gasteiger charge is -2.43. The number of benzene rings is 2. The third kappa shape index (κ3) is 9.05. The summed E-state index contributed by atoms with van der Waals surface area (Å²) in [5.74, 6) is 0.677. The maximum atomic E-state index is 15.8. The summed E-state index contributed by atoms with van der Waals surface area (Å²) in [6.07, 6.45) is -0.218. The topological polar surface area (TPSA) is 91.7 Å². The van der Waals surface area contributed by atoms with Crippen LogP contribution in [0.25, 0.3) is 11.3 Å². The Morgan fingerprint density at radius 3 is 2.20 bits per heavy atom. The number of ether oxygens (including phenoxy) is 1. The van der Waals surface area contributed by atoms with E-state index in [0.29, 0.717) is 38.5 Å². The van der Waals surface area contributed by atoms with Gasteiger partial charge in [-0.3, -0.25) is 0 Å². The molecule has 1 saturated heterocycles. The van der Waals surface area contributed by atoms with Crippen LogP contribution in [0.5, 0.6) is 0 Å². The van der Waals surface area contributed by atoms with E-state index in [4.69, 9.17) is 9.72 Å². The van der Waals surface area contributed by atoms with E-state index in [2.05, 4.69) is 27.3 Å². The SMILES string of the molecule is CC(C)(C)OC(=O)NC[C@@H](F)CN(C(=O)N1CCNCC1)[C@@H](c1nc(-c2ccccc2)cn1Cc1ccccc1)C(C)(C)C. The summed E-state index contributed by atoms with van der Waals surface area (Å²) in [6.45, 7) is 13.8. The molecule has 1 fully saturated rings. The van der Waals surface area contributed by atoms with E-state index < -0.39 is 29.3 Å². The minimum absolute atomic E-state index is 0.223. The first kappa shape index (κ1) is 33.0. The van der Waals surface area contributed by atoms with Crippen LogP contribution in [0.15, 0.2) is 66.9 Å². The lowest BCUT2D eigenvalue weighted by Crippen LogP contribution is -2.55. The van der Waals surface area contributed by atoms with Crippen LogP contribution >= 0.6 is 0 Å². The minimum atomic E-state index is -1.54. The Hall–Kier alpha value is -3.92. The van der Waals surface area contributed by atoms with E-state index >= 15 is 4.39 Å². The predicted octanol–water partition coefficient (Wildman–Crippen LogP) is 5.88. The lowest BCUT2D eigenvalue weighted by atomic mass is 9.84. The molecule has 3 aromatic rings. The Labute approximate surface area is 260 Å². The maximum absolute atomic E-state index is 15.8. The number of nitrogens with zero attached hydrogens (tertiary/aromatic N) is 4. The number of amides is 3. The van der Waals surface area contributed by atoms with E-state index in [9.17, 15) is 9.59 Å². The summed E-state index contributed by atoms with van der Waals surface area (Å²) >= 11 is 0. The van der Waals surface area contributed by atoms with Crippen molar-refractivity contribution in [3.8, 4) is 11.3 Å². The molecular formula is C34H47FN6O3. The number of alkyl carbamates (subject to hydrolysis) is 1. The summed E-state index contributed by atoms with van der Waals surface area (Å²) in [6, 6.07) is 19.2. The molecule has 2 N–H and O–H groups in total. The average molecular weight is 607 g/mol. The van der Waals surface area contributed by atoms with Crippen molar-refractivity contribution in [3.05, 3.63) is 78.2 Å². The van der Waals surface area contributed by atoms with Gasteiger partial charge in [0, 0.05) is 44.5 Å². The standard InChI is InChI=1S/C34H47FN6O3/c1-33(2,3)29(30-38-28(26-15-11-8-12-16-26)24-40(30)22-25-13-9-7-10-14-25)41(32(43)39-19-17-36-18-20-39)23-27(35)21-37-31(42)44-34(4,5)6/h7-16,24,27,29,36H,17-23H2,1-6H3,(H,37,42)/t27-,29+/m1/s1. The van der Waals surface area contributed by atoms with Crippen LogP contribution in [0.3, 0.4) is 0 Å². The van der Waals surface area contributed by atoms with Crippen LogP contribution < -0.4 is 10.6 Å². The second-order valence-electron chi connectivity index (χ2n) is 13.4. The largest absolute Gasteiger partial charge is 0.444 e. The van der Waals surface area contributed by atoms with Crippen molar-refractivity contribution in [1.82, 2.24) is 30.0 Å². The zero-order valence-corrected chi connectivity index (χ0v) is 26.8. The number of piperazine rings is 1. The van der Waals surface area contributed by atoms with Crippen LogP contribution in [0.1, 0.15) is 59.0 Å². The Kier molecular flexibility index (Phi) is 10.7. The van der Waals surface area contributed by atoms with Gasteiger partial charge >= 0.3 is 12.1 Å². The molecule has 0 spiro atoms. The fourth-order valence-electron chi connectivity index (χ4n) is 5.42. The van der Waals surface area contributed by atoms with Crippen LogP contribution in [-0.4, -0.2) is 82.5 Å². The first-order valence-electron chi connectivity index (χ1n) is 15.4. The molecule has 9 nitrogen and oxygen atoms in total. The molecule has 1 aliphatic heterocycles. The molecule has 10 heteroatoms. The van der Waals surface area contributed by atoms with Crippen molar-refractivity contribution in [2.75, 3.05) is 39.3 Å². The predicted molar refractivity (Wildman–Crippen MR) is 171 cm³/mol. The van der Waals surface area contributed by atoms with Gasteiger partial charge in [0.15, 0.2) is 0 Å². The number of alkyl halides is 1. The molecular weight excluding hydrogens is 559 g/mol. The van der Waals surface area contributed by atoms with E-state index in [-0.39, 0.29) is 19.1 Å². The number of rotatable bonds is 9. The number of aromatic nitrogens is 2. The molecule has 4 rings (SSSR count). The average Bonchev–Trinajstić information content (AvgIpc) is 3.38. The monoisotopic (exact) mass is 606 g/mol. The van der Waals surface area contributed by atoms with E-state index in [1.165, 1.54) is 0 Å². The Balaban J connectivity index is 1.74. The summed E-state index contributed by atoms with van der Waals surface area (Å²) in [7, 11) is 0. The van der Waals surface area contributed by atoms with E-state index in [0.717, 1.165) is 16.8 Å². The number of hydrogen-bond acceptors (Lipinski definition) is 5. The lowest BCUT2D eigenvalue weighted by molar-refractivity contribution is 0.0474. The van der Waals surface area contributed by atoms with Gasteiger partial charge in [-0.25, -0.2) is 19.0 Å². The van der Waals surface area contributed by atoms with Crippen molar-refractivity contribution in [3.63, 3.8) is 0 Å². The van der Waals surface area contributed by atoms with Crippen LogP contribution in [0, 0.1) is 5.41 Å². The summed E-state index contributed by atoms with van der Waals surface area (Å²) in [4.78, 5) is 35.1. The molecule has 0 bridgehead atoms. The van der Waals surface area contributed by atoms with Crippen LogP contribution in [0.2, 0.25) is 0 Å². The summed E-state index contributed by atoms with van der Waals surface area (Å²) in [5.41, 5.74) is 1.60. The minimum Gasteiger partial charge on any atom is -0.444 e. The number of urea groups is 1. The molecule has 2 aromatic carbocycles. The van der Waals surface area contributed by atoms with Gasteiger partial charge in [0.1, 0.15) is 17.6 Å². The highest BCUT2D eigenvalue weighted by molar-refractivity contribution is 5.75. The Morgan fingerprint density at radius 1 is 1.00 bits per heavy atom. The molecule has 44 heavy (non-hydrogen) atoms. The van der Waals surface area contributed by atoms with Crippen LogP contribution in [-0.2, 0) is 11.3 Å². The third-order valence-corrected chi connectivity index (χ3v) is 7.34. The smallest absolute Gasteiger partial charge is 0.407 e. The van der Waals surface area contributed by atoms with Crippen molar-refractivity contribution in [1.29, 1.82) is 0 Å². The second kappa shape index (κ2) is 14.2. The highest BCUT2D eigenvalue weighted by Crippen LogP contribution is 2.40. The molecule has 3 amide bonds. The quantitative estimate of drug-likeness (QED) is 0.318. The zero-order chi connectivity index (χ0) is 31.9. The van der Waals surface area contributed by atoms with E-state index in [1.54, 1.807) is 30.6 Å². The molecule has 0 aliphatic carbocycles. The van der Waals surface area contributed by atoms with Gasteiger partial charge in [0.25, 0.3) is 0 Å². The fraction of sp³-hybridized carbons (Fsp3) is 0.500. The number of hydrogen-bond donors (Lipinski definition) is 2. The van der Waals surface area contributed by atoms with Crippen LogP contribution in [0.4, 0.5) is 14.0 Å². The van der Waals surface area contributed by atoms with Crippen molar-refractivity contribution < 1.29 is 18.7 Å². The van der Waals surface area contributed by atoms with Gasteiger partial charge in [-0.05, 0) is 31.7 Å². The number of halogens is 1. The van der Waals surface area contributed by atoms with Gasteiger partial charge in [-0.2, -0.15) is 0 Å². The van der Waals surface area contributed by atoms with Gasteiger partial charge in [-0.15, -0.1) is 0 Å². The normalized spacial score (nSPS) is 15.4. The van der Waals surface area contributed by atoms with Crippen molar-refractivity contribution >= 4 is 12.1 Å². The third-order valence-electron chi connectivity index (χ3n) is 7.34. The van der Waals surface area contributed by atoms with Crippen molar-refractivity contribution in [2.45, 2.75) is 65.9 Å². The van der Waals surface area contributed by atoms with E-state index in [1.807, 2.05) is 75.5 Å². The molecule has 0 saturated carbocycles. The molecule has 2 heterocycles. The number of carbonyl (C=O) groups excluding carboxylic acids is 2. The summed E-state index contributed by atoms with van der Waals surface area (Å²) in [5, 5.41) is 5.82. The number of carbonyl (C=O) groups is 2. The number of nitrogens with one attached hydrogen (secondary N) is 2. The molecule has 0 radical (unpaired) electrons. The maximum Gasteiger partial charge on any atom is 0.407 e. The first-order valence-corrected chi connectivity index (χ1v) is 15.4. The van der Waals surface area contributed by atoms with Gasteiger partial charge in [-0.1, -0.05) is 81.4 Å². The molecule has 238 valence electrons. The molecule has 1 aromatic heterocycles. The zero-order valence-electron chi connectivity index (χ0n) is 26.8. The fourth-order valence-corrected chi connectivity index (χ4v) is 5.42. The second-order valence-corrected chi connectivity index (χ2v) is 13.4. The van der Waals surface area contributed by atoms with Crippen molar-refractivity contribution in [2.24, 2.45) is 5.41 Å².